The molecule has 0 saturated carbocycles. The minimum atomic E-state index is 0.110. The van der Waals surface area contributed by atoms with E-state index in [1.807, 2.05) is 31.2 Å². The first-order valence-electron chi connectivity index (χ1n) is 7.43. The predicted octanol–water partition coefficient (Wildman–Crippen LogP) is 2.74. The van der Waals surface area contributed by atoms with Gasteiger partial charge in [-0.25, -0.2) is 9.97 Å². The third-order valence-electron chi connectivity index (χ3n) is 3.44. The topological polar surface area (TPSA) is 66.9 Å². The lowest BCUT2D eigenvalue weighted by molar-refractivity contribution is -0.121. The summed E-state index contributed by atoms with van der Waals surface area (Å²) < 4.78 is 0. The second-order valence-electron chi connectivity index (χ2n) is 5.15. The Kier molecular flexibility index (Phi) is 5.49. The van der Waals surface area contributed by atoms with Gasteiger partial charge < -0.3 is 10.6 Å². The number of benzene rings is 1. The highest BCUT2D eigenvalue weighted by Crippen LogP contribution is 2.18. The van der Waals surface area contributed by atoms with Crippen LogP contribution < -0.4 is 10.6 Å². The minimum absolute atomic E-state index is 0.110. The predicted molar refractivity (Wildman–Crippen MR) is 85.2 cm³/mol. The SMILES string of the molecule is CCC(C)NC(=O)CCCNc1ncnc2ccccc12. The zero-order valence-electron chi connectivity index (χ0n) is 12.6. The molecule has 1 atom stereocenters. The standard InChI is InChI=1S/C16H22N4O/c1-3-12(2)20-15(21)9-6-10-17-16-13-7-4-5-8-14(13)18-11-19-16/h4-5,7-8,11-12H,3,6,9-10H2,1-2H3,(H,20,21)(H,17,18,19). The molecule has 0 aliphatic heterocycles. The molecule has 2 N–H and O–H groups in total. The van der Waals surface area contributed by atoms with Crippen LogP contribution in [0.25, 0.3) is 10.9 Å². The van der Waals surface area contributed by atoms with Crippen molar-refractivity contribution >= 4 is 22.6 Å². The summed E-state index contributed by atoms with van der Waals surface area (Å²) in [6.45, 7) is 4.80. The van der Waals surface area contributed by atoms with Crippen molar-refractivity contribution in [3.05, 3.63) is 30.6 Å². The molecule has 5 nitrogen and oxygen atoms in total. The summed E-state index contributed by atoms with van der Waals surface area (Å²) >= 11 is 0. The number of carbonyl (C=O) groups excluding carboxylic acids is 1. The Morgan fingerprint density at radius 2 is 2.10 bits per heavy atom. The number of para-hydroxylation sites is 1. The molecule has 0 spiro atoms. The second kappa shape index (κ2) is 7.57. The van der Waals surface area contributed by atoms with Crippen molar-refractivity contribution in [3.8, 4) is 0 Å². The van der Waals surface area contributed by atoms with E-state index < -0.39 is 0 Å². The molecule has 1 aromatic carbocycles. The van der Waals surface area contributed by atoms with Crippen molar-refractivity contribution in [2.24, 2.45) is 0 Å². The van der Waals surface area contributed by atoms with E-state index in [0.29, 0.717) is 6.42 Å². The van der Waals surface area contributed by atoms with Crippen molar-refractivity contribution in [1.82, 2.24) is 15.3 Å². The molecule has 2 aromatic rings. The molecule has 0 radical (unpaired) electrons. The average molecular weight is 286 g/mol. The number of hydrogen-bond donors (Lipinski definition) is 2. The molecule has 0 aliphatic rings. The van der Waals surface area contributed by atoms with Crippen LogP contribution in [0.4, 0.5) is 5.82 Å². The van der Waals surface area contributed by atoms with Gasteiger partial charge in [0.05, 0.1) is 5.52 Å². The van der Waals surface area contributed by atoms with Gasteiger partial charge in [-0.1, -0.05) is 19.1 Å². The highest BCUT2D eigenvalue weighted by atomic mass is 16.1. The Bertz CT molecular complexity index is 594. The monoisotopic (exact) mass is 286 g/mol. The number of carbonyl (C=O) groups is 1. The highest BCUT2D eigenvalue weighted by Gasteiger charge is 2.06. The number of anilines is 1. The molecular weight excluding hydrogens is 264 g/mol. The van der Waals surface area contributed by atoms with E-state index in [1.165, 1.54) is 0 Å². The van der Waals surface area contributed by atoms with Gasteiger partial charge in [0.15, 0.2) is 0 Å². The molecule has 1 amide bonds. The van der Waals surface area contributed by atoms with Crippen LogP contribution in [0, 0.1) is 0 Å². The van der Waals surface area contributed by atoms with E-state index in [2.05, 4.69) is 27.5 Å². The van der Waals surface area contributed by atoms with Crippen molar-refractivity contribution < 1.29 is 4.79 Å². The van der Waals surface area contributed by atoms with Crippen molar-refractivity contribution in [1.29, 1.82) is 0 Å². The van der Waals surface area contributed by atoms with Gasteiger partial charge in [-0.15, -0.1) is 0 Å². The van der Waals surface area contributed by atoms with E-state index in [9.17, 15) is 4.79 Å². The Morgan fingerprint density at radius 3 is 2.90 bits per heavy atom. The summed E-state index contributed by atoms with van der Waals surface area (Å²) in [5, 5.41) is 7.25. The molecule has 0 aliphatic carbocycles. The smallest absolute Gasteiger partial charge is 0.220 e. The molecule has 1 unspecified atom stereocenters. The first-order valence-corrected chi connectivity index (χ1v) is 7.43. The van der Waals surface area contributed by atoms with E-state index in [-0.39, 0.29) is 11.9 Å². The van der Waals surface area contributed by atoms with Gasteiger partial charge in [0.1, 0.15) is 12.1 Å². The van der Waals surface area contributed by atoms with Crippen LogP contribution in [0.2, 0.25) is 0 Å². The van der Waals surface area contributed by atoms with Gasteiger partial charge in [-0.2, -0.15) is 0 Å². The number of aromatic nitrogens is 2. The van der Waals surface area contributed by atoms with Crippen LogP contribution in [0.15, 0.2) is 30.6 Å². The quantitative estimate of drug-likeness (QED) is 0.768. The van der Waals surface area contributed by atoms with E-state index in [1.54, 1.807) is 6.33 Å². The lowest BCUT2D eigenvalue weighted by atomic mass is 10.2. The molecular formula is C16H22N4O. The summed E-state index contributed by atoms with van der Waals surface area (Å²) in [6, 6.07) is 8.13. The fraction of sp³-hybridized carbons (Fsp3) is 0.438. The molecule has 2 rings (SSSR count). The van der Waals surface area contributed by atoms with Crippen molar-refractivity contribution in [2.45, 2.75) is 39.2 Å². The maximum absolute atomic E-state index is 11.7. The van der Waals surface area contributed by atoms with Crippen LogP contribution >= 0.6 is 0 Å². The zero-order chi connectivity index (χ0) is 15.1. The van der Waals surface area contributed by atoms with Crippen molar-refractivity contribution in [2.75, 3.05) is 11.9 Å². The van der Waals surface area contributed by atoms with Gasteiger partial charge in [0.25, 0.3) is 0 Å². The third kappa shape index (κ3) is 4.41. The highest BCUT2D eigenvalue weighted by molar-refractivity contribution is 5.88. The Hall–Kier alpha value is -2.17. The van der Waals surface area contributed by atoms with Crippen LogP contribution in [0.3, 0.4) is 0 Å². The molecule has 0 bridgehead atoms. The van der Waals surface area contributed by atoms with Gasteiger partial charge in [0, 0.05) is 24.4 Å². The average Bonchev–Trinajstić information content (AvgIpc) is 2.51. The Morgan fingerprint density at radius 1 is 1.29 bits per heavy atom. The van der Waals surface area contributed by atoms with Crippen molar-refractivity contribution in [3.63, 3.8) is 0 Å². The lowest BCUT2D eigenvalue weighted by Gasteiger charge is -2.11. The first-order chi connectivity index (χ1) is 10.2. The summed E-state index contributed by atoms with van der Waals surface area (Å²) in [5.74, 6) is 0.932. The first kappa shape index (κ1) is 15.2. The van der Waals surface area contributed by atoms with Gasteiger partial charge >= 0.3 is 0 Å². The number of hydrogen-bond acceptors (Lipinski definition) is 4. The van der Waals surface area contributed by atoms with Gasteiger partial charge in [-0.05, 0) is 31.9 Å². The molecule has 112 valence electrons. The molecule has 1 heterocycles. The normalized spacial score (nSPS) is 12.1. The molecule has 0 fully saturated rings. The fourth-order valence-corrected chi connectivity index (χ4v) is 2.05. The van der Waals surface area contributed by atoms with Gasteiger partial charge in [-0.3, -0.25) is 4.79 Å². The Labute approximate surface area is 125 Å². The summed E-state index contributed by atoms with van der Waals surface area (Å²) in [6.07, 6.45) is 3.82. The molecule has 0 saturated heterocycles. The largest absolute Gasteiger partial charge is 0.369 e. The van der Waals surface area contributed by atoms with E-state index >= 15 is 0 Å². The van der Waals surface area contributed by atoms with Crippen LogP contribution in [0.5, 0.6) is 0 Å². The van der Waals surface area contributed by atoms with Crippen LogP contribution in [-0.4, -0.2) is 28.5 Å². The summed E-state index contributed by atoms with van der Waals surface area (Å²) in [4.78, 5) is 20.2. The number of rotatable bonds is 7. The van der Waals surface area contributed by atoms with Crippen LogP contribution in [-0.2, 0) is 4.79 Å². The molecule has 1 aromatic heterocycles. The van der Waals surface area contributed by atoms with Crippen LogP contribution in [0.1, 0.15) is 33.1 Å². The fourth-order valence-electron chi connectivity index (χ4n) is 2.05. The minimum Gasteiger partial charge on any atom is -0.369 e. The maximum Gasteiger partial charge on any atom is 0.220 e. The number of fused-ring (bicyclic) bond motifs is 1. The number of nitrogens with one attached hydrogen (secondary N) is 2. The summed E-state index contributed by atoms with van der Waals surface area (Å²) in [5.41, 5.74) is 0.921. The number of nitrogens with zero attached hydrogens (tertiary/aromatic N) is 2. The second-order valence-corrected chi connectivity index (χ2v) is 5.15. The Balaban J connectivity index is 1.82. The van der Waals surface area contributed by atoms with Gasteiger partial charge in [0.2, 0.25) is 5.91 Å². The lowest BCUT2D eigenvalue weighted by Crippen LogP contribution is -2.31. The third-order valence-corrected chi connectivity index (χ3v) is 3.44. The maximum atomic E-state index is 11.7. The number of amides is 1. The molecule has 21 heavy (non-hydrogen) atoms. The van der Waals surface area contributed by atoms with E-state index in [0.717, 1.165) is 36.1 Å². The van der Waals surface area contributed by atoms with E-state index in [4.69, 9.17) is 0 Å². The summed E-state index contributed by atoms with van der Waals surface area (Å²) in [7, 11) is 0. The zero-order valence-corrected chi connectivity index (χ0v) is 12.6. The molecule has 5 heteroatoms.